The number of hydrogen-bond acceptors (Lipinski definition) is 2. The second-order valence-electron chi connectivity index (χ2n) is 4.85. The fraction of sp³-hybridized carbons (Fsp3) is 0.235. The zero-order chi connectivity index (χ0) is 14.5. The monoisotopic (exact) mass is 268 g/mol. The molecule has 2 N–H and O–H groups in total. The first-order valence-corrected chi connectivity index (χ1v) is 6.76. The molecule has 0 aliphatic heterocycles. The fourth-order valence-electron chi connectivity index (χ4n) is 2.32. The van der Waals surface area contributed by atoms with Crippen LogP contribution in [0.25, 0.3) is 0 Å². The summed E-state index contributed by atoms with van der Waals surface area (Å²) >= 11 is 0. The Labute approximate surface area is 120 Å². The van der Waals surface area contributed by atoms with E-state index in [1.807, 2.05) is 56.4 Å². The average molecular weight is 268 g/mol. The van der Waals surface area contributed by atoms with Gasteiger partial charge in [0.2, 0.25) is 0 Å². The van der Waals surface area contributed by atoms with Crippen LogP contribution in [0, 0.1) is 6.92 Å². The number of para-hydroxylation sites is 1. The van der Waals surface area contributed by atoms with Gasteiger partial charge in [0.15, 0.2) is 0 Å². The number of carbonyl (C=O) groups excluding carboxylic acids is 1. The van der Waals surface area contributed by atoms with Gasteiger partial charge in [-0.05, 0) is 37.1 Å². The molecular weight excluding hydrogens is 248 g/mol. The van der Waals surface area contributed by atoms with Crippen molar-refractivity contribution in [3.63, 3.8) is 0 Å². The maximum atomic E-state index is 12.4. The molecule has 0 bridgehead atoms. The first kappa shape index (κ1) is 14.1. The van der Waals surface area contributed by atoms with E-state index in [9.17, 15) is 4.79 Å². The summed E-state index contributed by atoms with van der Waals surface area (Å²) < 4.78 is 0. The van der Waals surface area contributed by atoms with Gasteiger partial charge in [-0.1, -0.05) is 36.4 Å². The lowest BCUT2D eigenvalue weighted by atomic mass is 10.0. The van der Waals surface area contributed by atoms with Gasteiger partial charge in [-0.15, -0.1) is 0 Å². The SMILES string of the molecule is CNc1ccccc1C(=O)NC(C)c1ccccc1C. The second-order valence-corrected chi connectivity index (χ2v) is 4.85. The highest BCUT2D eigenvalue weighted by Crippen LogP contribution is 2.19. The Kier molecular flexibility index (Phi) is 4.41. The molecule has 2 aromatic carbocycles. The van der Waals surface area contributed by atoms with Gasteiger partial charge >= 0.3 is 0 Å². The zero-order valence-electron chi connectivity index (χ0n) is 12.1. The van der Waals surface area contributed by atoms with Crippen LogP contribution in [0.2, 0.25) is 0 Å². The van der Waals surface area contributed by atoms with E-state index in [1.54, 1.807) is 0 Å². The van der Waals surface area contributed by atoms with E-state index in [4.69, 9.17) is 0 Å². The molecular formula is C17H20N2O. The molecule has 1 unspecified atom stereocenters. The van der Waals surface area contributed by atoms with Crippen LogP contribution in [0.5, 0.6) is 0 Å². The molecule has 0 radical (unpaired) electrons. The summed E-state index contributed by atoms with van der Waals surface area (Å²) in [5, 5.41) is 6.09. The lowest BCUT2D eigenvalue weighted by Crippen LogP contribution is -2.27. The Morgan fingerprint density at radius 2 is 1.70 bits per heavy atom. The minimum absolute atomic E-state index is 0.0198. The smallest absolute Gasteiger partial charge is 0.253 e. The van der Waals surface area contributed by atoms with Crippen LogP contribution >= 0.6 is 0 Å². The van der Waals surface area contributed by atoms with E-state index in [0.717, 1.165) is 11.3 Å². The molecule has 0 heterocycles. The molecule has 104 valence electrons. The predicted octanol–water partition coefficient (Wildman–Crippen LogP) is 3.53. The summed E-state index contributed by atoms with van der Waals surface area (Å²) in [6.07, 6.45) is 0. The van der Waals surface area contributed by atoms with E-state index in [2.05, 4.69) is 23.6 Å². The van der Waals surface area contributed by atoms with E-state index in [-0.39, 0.29) is 11.9 Å². The number of benzene rings is 2. The van der Waals surface area contributed by atoms with Crippen LogP contribution < -0.4 is 10.6 Å². The topological polar surface area (TPSA) is 41.1 Å². The van der Waals surface area contributed by atoms with Crippen LogP contribution in [-0.4, -0.2) is 13.0 Å². The summed E-state index contributed by atoms with van der Waals surface area (Å²) in [5.41, 5.74) is 3.82. The lowest BCUT2D eigenvalue weighted by Gasteiger charge is -2.17. The molecule has 0 spiro atoms. The van der Waals surface area contributed by atoms with Crippen LogP contribution in [0.1, 0.15) is 34.5 Å². The number of anilines is 1. The minimum Gasteiger partial charge on any atom is -0.387 e. The van der Waals surface area contributed by atoms with Gasteiger partial charge in [0.05, 0.1) is 11.6 Å². The van der Waals surface area contributed by atoms with Crippen LogP contribution in [0.15, 0.2) is 48.5 Å². The first-order chi connectivity index (χ1) is 9.63. The minimum atomic E-state index is -0.0642. The van der Waals surface area contributed by atoms with E-state index >= 15 is 0 Å². The van der Waals surface area contributed by atoms with Gasteiger partial charge in [0.25, 0.3) is 5.91 Å². The third-order valence-electron chi connectivity index (χ3n) is 3.44. The highest BCUT2D eigenvalue weighted by atomic mass is 16.1. The van der Waals surface area contributed by atoms with E-state index in [1.165, 1.54) is 5.56 Å². The molecule has 2 aromatic rings. The number of amides is 1. The molecule has 20 heavy (non-hydrogen) atoms. The average Bonchev–Trinajstić information content (AvgIpc) is 2.47. The van der Waals surface area contributed by atoms with Crippen molar-refractivity contribution in [1.82, 2.24) is 5.32 Å². The van der Waals surface area contributed by atoms with Crippen LogP contribution in [-0.2, 0) is 0 Å². The van der Waals surface area contributed by atoms with Crippen molar-refractivity contribution < 1.29 is 4.79 Å². The van der Waals surface area contributed by atoms with Gasteiger partial charge in [-0.25, -0.2) is 0 Å². The molecule has 0 saturated heterocycles. The van der Waals surface area contributed by atoms with Crippen molar-refractivity contribution in [2.45, 2.75) is 19.9 Å². The fourth-order valence-corrected chi connectivity index (χ4v) is 2.32. The second kappa shape index (κ2) is 6.24. The Balaban J connectivity index is 2.18. The molecule has 0 aliphatic rings. The molecule has 3 nitrogen and oxygen atoms in total. The van der Waals surface area contributed by atoms with Crippen molar-refractivity contribution >= 4 is 11.6 Å². The highest BCUT2D eigenvalue weighted by Gasteiger charge is 2.14. The molecule has 1 atom stereocenters. The molecule has 0 fully saturated rings. The van der Waals surface area contributed by atoms with Gasteiger partial charge in [-0.2, -0.15) is 0 Å². The standard InChI is InChI=1S/C17H20N2O/c1-12-8-4-5-9-14(12)13(2)19-17(20)15-10-6-7-11-16(15)18-3/h4-11,13,18H,1-3H3,(H,19,20). The van der Waals surface area contributed by atoms with Crippen molar-refractivity contribution in [1.29, 1.82) is 0 Å². The predicted molar refractivity (Wildman–Crippen MR) is 83.0 cm³/mol. The molecule has 1 amide bonds. The number of aryl methyl sites for hydroxylation is 1. The van der Waals surface area contributed by atoms with Crippen molar-refractivity contribution in [2.75, 3.05) is 12.4 Å². The van der Waals surface area contributed by atoms with Crippen LogP contribution in [0.4, 0.5) is 5.69 Å². The van der Waals surface area contributed by atoms with Crippen molar-refractivity contribution in [3.05, 3.63) is 65.2 Å². The Morgan fingerprint density at radius 1 is 1.05 bits per heavy atom. The van der Waals surface area contributed by atoms with Crippen LogP contribution in [0.3, 0.4) is 0 Å². The number of carbonyl (C=O) groups is 1. The Morgan fingerprint density at radius 3 is 2.40 bits per heavy atom. The number of rotatable bonds is 4. The zero-order valence-corrected chi connectivity index (χ0v) is 12.1. The number of hydrogen-bond donors (Lipinski definition) is 2. The Bertz CT molecular complexity index is 607. The van der Waals surface area contributed by atoms with Gasteiger partial charge in [0, 0.05) is 12.7 Å². The summed E-state index contributed by atoms with van der Waals surface area (Å²) in [5.74, 6) is -0.0642. The summed E-state index contributed by atoms with van der Waals surface area (Å²) in [6.45, 7) is 4.06. The van der Waals surface area contributed by atoms with Crippen molar-refractivity contribution in [2.24, 2.45) is 0 Å². The highest BCUT2D eigenvalue weighted by molar-refractivity contribution is 5.99. The summed E-state index contributed by atoms with van der Waals surface area (Å²) in [7, 11) is 1.82. The Hall–Kier alpha value is -2.29. The number of nitrogens with one attached hydrogen (secondary N) is 2. The van der Waals surface area contributed by atoms with Gasteiger partial charge in [0.1, 0.15) is 0 Å². The summed E-state index contributed by atoms with van der Waals surface area (Å²) in [4.78, 5) is 12.4. The molecule has 0 aliphatic carbocycles. The molecule has 3 heteroatoms. The van der Waals surface area contributed by atoms with E-state index < -0.39 is 0 Å². The lowest BCUT2D eigenvalue weighted by molar-refractivity contribution is 0.0940. The normalized spacial score (nSPS) is 11.8. The summed E-state index contributed by atoms with van der Waals surface area (Å²) in [6, 6.07) is 15.6. The third kappa shape index (κ3) is 2.99. The van der Waals surface area contributed by atoms with Gasteiger partial charge in [-0.3, -0.25) is 4.79 Å². The maximum Gasteiger partial charge on any atom is 0.253 e. The van der Waals surface area contributed by atoms with Gasteiger partial charge < -0.3 is 10.6 Å². The van der Waals surface area contributed by atoms with Crippen molar-refractivity contribution in [3.8, 4) is 0 Å². The largest absolute Gasteiger partial charge is 0.387 e. The maximum absolute atomic E-state index is 12.4. The van der Waals surface area contributed by atoms with E-state index in [0.29, 0.717) is 5.56 Å². The molecule has 0 aromatic heterocycles. The molecule has 2 rings (SSSR count). The molecule has 0 saturated carbocycles. The first-order valence-electron chi connectivity index (χ1n) is 6.76. The quantitative estimate of drug-likeness (QED) is 0.890. The third-order valence-corrected chi connectivity index (χ3v) is 3.44.